The number of aromatic nitrogens is 2. The number of aryl methyl sites for hydroxylation is 1. The van der Waals surface area contributed by atoms with Gasteiger partial charge < -0.3 is 15.4 Å². The van der Waals surface area contributed by atoms with Crippen LogP contribution in [0.25, 0.3) is 0 Å². The molecular weight excluding hydrogens is 326 g/mol. The fourth-order valence-corrected chi connectivity index (χ4v) is 2.66. The number of halogens is 1. The zero-order valence-electron chi connectivity index (χ0n) is 13.8. The van der Waals surface area contributed by atoms with Crippen molar-refractivity contribution in [2.24, 2.45) is 0 Å². The monoisotopic (exact) mass is 347 g/mol. The standard InChI is InChI=1S/C17H22ClN5O/c1-13-2-3-14(12-15(13)18)21-17-20-5-4-16(22-17)19-6-7-23-8-10-24-11-9-23/h2-5,12H,6-11H2,1H3,(H2,19,20,21,22). The Balaban J connectivity index is 1.54. The van der Waals surface area contributed by atoms with E-state index in [2.05, 4.69) is 25.5 Å². The van der Waals surface area contributed by atoms with Crippen molar-refractivity contribution in [1.82, 2.24) is 14.9 Å². The number of benzene rings is 1. The SMILES string of the molecule is Cc1ccc(Nc2nccc(NCCN3CCOCC3)n2)cc1Cl. The van der Waals surface area contributed by atoms with Crippen LogP contribution in [0.15, 0.2) is 30.5 Å². The summed E-state index contributed by atoms with van der Waals surface area (Å²) in [5.74, 6) is 1.35. The molecule has 0 bridgehead atoms. The summed E-state index contributed by atoms with van der Waals surface area (Å²) in [5, 5.41) is 7.24. The molecule has 2 aromatic rings. The van der Waals surface area contributed by atoms with Crippen LogP contribution in [0.2, 0.25) is 5.02 Å². The average molecular weight is 348 g/mol. The van der Waals surface area contributed by atoms with E-state index in [1.54, 1.807) is 6.20 Å². The molecule has 1 aromatic heterocycles. The molecule has 1 aliphatic rings. The summed E-state index contributed by atoms with van der Waals surface area (Å²) in [7, 11) is 0. The van der Waals surface area contributed by atoms with Crippen LogP contribution in [-0.2, 0) is 4.74 Å². The highest BCUT2D eigenvalue weighted by Gasteiger charge is 2.09. The van der Waals surface area contributed by atoms with Crippen LogP contribution in [0.3, 0.4) is 0 Å². The number of nitrogens with zero attached hydrogens (tertiary/aromatic N) is 3. The summed E-state index contributed by atoms with van der Waals surface area (Å²) in [6, 6.07) is 7.67. The van der Waals surface area contributed by atoms with Gasteiger partial charge in [-0.1, -0.05) is 17.7 Å². The second-order valence-electron chi connectivity index (χ2n) is 5.74. The molecular formula is C17H22ClN5O. The van der Waals surface area contributed by atoms with Crippen molar-refractivity contribution in [3.05, 3.63) is 41.0 Å². The zero-order chi connectivity index (χ0) is 16.8. The second kappa shape index (κ2) is 8.28. The minimum Gasteiger partial charge on any atom is -0.379 e. The molecule has 128 valence electrons. The molecule has 0 saturated carbocycles. The third kappa shape index (κ3) is 4.80. The first kappa shape index (κ1) is 17.0. The Morgan fingerprint density at radius 2 is 2.08 bits per heavy atom. The summed E-state index contributed by atoms with van der Waals surface area (Å²) >= 11 is 6.15. The Morgan fingerprint density at radius 3 is 2.88 bits per heavy atom. The topological polar surface area (TPSA) is 62.3 Å². The first-order valence-corrected chi connectivity index (χ1v) is 8.49. The number of morpholine rings is 1. The first-order valence-electron chi connectivity index (χ1n) is 8.11. The molecule has 0 atom stereocenters. The van der Waals surface area contributed by atoms with E-state index in [1.807, 2.05) is 31.2 Å². The summed E-state index contributed by atoms with van der Waals surface area (Å²) in [6.45, 7) is 7.42. The first-order chi connectivity index (χ1) is 11.7. The maximum atomic E-state index is 6.15. The van der Waals surface area contributed by atoms with Crippen molar-refractivity contribution < 1.29 is 4.74 Å². The Morgan fingerprint density at radius 1 is 1.25 bits per heavy atom. The van der Waals surface area contributed by atoms with Crippen molar-refractivity contribution in [1.29, 1.82) is 0 Å². The van der Waals surface area contributed by atoms with Gasteiger partial charge in [-0.3, -0.25) is 4.90 Å². The molecule has 3 rings (SSSR count). The minimum atomic E-state index is 0.547. The van der Waals surface area contributed by atoms with Gasteiger partial charge in [0, 0.05) is 43.1 Å². The van der Waals surface area contributed by atoms with Gasteiger partial charge in [-0.2, -0.15) is 4.98 Å². The fourth-order valence-electron chi connectivity index (χ4n) is 2.48. The zero-order valence-corrected chi connectivity index (χ0v) is 14.5. The number of nitrogens with one attached hydrogen (secondary N) is 2. The van der Waals surface area contributed by atoms with E-state index >= 15 is 0 Å². The lowest BCUT2D eigenvalue weighted by Crippen LogP contribution is -2.39. The normalized spacial score (nSPS) is 15.2. The molecule has 1 fully saturated rings. The van der Waals surface area contributed by atoms with Gasteiger partial charge in [0.2, 0.25) is 5.95 Å². The summed E-state index contributed by atoms with van der Waals surface area (Å²) in [4.78, 5) is 11.1. The Hall–Kier alpha value is -1.89. The van der Waals surface area contributed by atoms with Crippen LogP contribution < -0.4 is 10.6 Å². The molecule has 0 amide bonds. The van der Waals surface area contributed by atoms with E-state index in [0.29, 0.717) is 5.95 Å². The molecule has 1 aliphatic heterocycles. The van der Waals surface area contributed by atoms with Crippen LogP contribution in [0, 0.1) is 6.92 Å². The maximum absolute atomic E-state index is 6.15. The van der Waals surface area contributed by atoms with Crippen molar-refractivity contribution in [3.8, 4) is 0 Å². The fraction of sp³-hybridized carbons (Fsp3) is 0.412. The van der Waals surface area contributed by atoms with Gasteiger partial charge in [-0.05, 0) is 30.7 Å². The molecule has 1 saturated heterocycles. The third-order valence-electron chi connectivity index (χ3n) is 3.92. The minimum absolute atomic E-state index is 0.547. The summed E-state index contributed by atoms with van der Waals surface area (Å²) in [5.41, 5.74) is 1.91. The van der Waals surface area contributed by atoms with E-state index in [9.17, 15) is 0 Å². The Kier molecular flexibility index (Phi) is 5.85. The van der Waals surface area contributed by atoms with E-state index in [4.69, 9.17) is 16.3 Å². The molecule has 6 nitrogen and oxygen atoms in total. The molecule has 0 unspecified atom stereocenters. The van der Waals surface area contributed by atoms with Crippen LogP contribution in [0.1, 0.15) is 5.56 Å². The van der Waals surface area contributed by atoms with Crippen molar-refractivity contribution in [2.45, 2.75) is 6.92 Å². The third-order valence-corrected chi connectivity index (χ3v) is 4.33. The van der Waals surface area contributed by atoms with Crippen molar-refractivity contribution >= 4 is 29.1 Å². The highest BCUT2D eigenvalue weighted by atomic mass is 35.5. The number of anilines is 3. The smallest absolute Gasteiger partial charge is 0.229 e. The van der Waals surface area contributed by atoms with Crippen LogP contribution >= 0.6 is 11.6 Å². The van der Waals surface area contributed by atoms with Crippen molar-refractivity contribution in [2.75, 3.05) is 50.0 Å². The van der Waals surface area contributed by atoms with Crippen LogP contribution in [-0.4, -0.2) is 54.3 Å². The van der Waals surface area contributed by atoms with Gasteiger partial charge in [0.25, 0.3) is 0 Å². The van der Waals surface area contributed by atoms with Gasteiger partial charge in [0.1, 0.15) is 5.82 Å². The van der Waals surface area contributed by atoms with E-state index < -0.39 is 0 Å². The van der Waals surface area contributed by atoms with Gasteiger partial charge >= 0.3 is 0 Å². The largest absolute Gasteiger partial charge is 0.379 e. The quantitative estimate of drug-likeness (QED) is 0.837. The van der Waals surface area contributed by atoms with Gasteiger partial charge in [0.05, 0.1) is 13.2 Å². The molecule has 24 heavy (non-hydrogen) atoms. The van der Waals surface area contributed by atoms with Gasteiger partial charge in [-0.25, -0.2) is 4.98 Å². The Labute approximate surface area is 147 Å². The average Bonchev–Trinajstić information content (AvgIpc) is 2.60. The molecule has 0 aliphatic carbocycles. The second-order valence-corrected chi connectivity index (χ2v) is 6.14. The maximum Gasteiger partial charge on any atom is 0.229 e. The van der Waals surface area contributed by atoms with E-state index in [0.717, 1.165) is 61.5 Å². The van der Waals surface area contributed by atoms with Crippen LogP contribution in [0.4, 0.5) is 17.5 Å². The lowest BCUT2D eigenvalue weighted by Gasteiger charge is -2.26. The highest BCUT2D eigenvalue weighted by Crippen LogP contribution is 2.22. The highest BCUT2D eigenvalue weighted by molar-refractivity contribution is 6.31. The molecule has 7 heteroatoms. The predicted molar refractivity (Wildman–Crippen MR) is 97.3 cm³/mol. The number of hydrogen-bond donors (Lipinski definition) is 2. The van der Waals surface area contributed by atoms with E-state index in [-0.39, 0.29) is 0 Å². The van der Waals surface area contributed by atoms with Crippen molar-refractivity contribution in [3.63, 3.8) is 0 Å². The number of ether oxygens (including phenoxy) is 1. The molecule has 0 radical (unpaired) electrons. The van der Waals surface area contributed by atoms with Crippen LogP contribution in [0.5, 0.6) is 0 Å². The lowest BCUT2D eigenvalue weighted by molar-refractivity contribution is 0.0398. The predicted octanol–water partition coefficient (Wildman–Crippen LogP) is 2.93. The number of hydrogen-bond acceptors (Lipinski definition) is 6. The Bertz CT molecular complexity index is 676. The summed E-state index contributed by atoms with van der Waals surface area (Å²) in [6.07, 6.45) is 1.74. The molecule has 1 aromatic carbocycles. The van der Waals surface area contributed by atoms with Gasteiger partial charge in [-0.15, -0.1) is 0 Å². The number of rotatable bonds is 6. The summed E-state index contributed by atoms with van der Waals surface area (Å²) < 4.78 is 5.35. The molecule has 2 heterocycles. The molecule has 0 spiro atoms. The lowest BCUT2D eigenvalue weighted by atomic mass is 10.2. The molecule has 2 N–H and O–H groups in total. The van der Waals surface area contributed by atoms with Gasteiger partial charge in [0.15, 0.2) is 0 Å². The van der Waals surface area contributed by atoms with E-state index in [1.165, 1.54) is 0 Å².